The molecule has 2 aromatic rings. The number of pyridine rings is 1. The predicted octanol–water partition coefficient (Wildman–Crippen LogP) is 0.774. The Morgan fingerprint density at radius 2 is 1.75 bits per heavy atom. The van der Waals surface area contributed by atoms with Crippen molar-refractivity contribution >= 4 is 35.0 Å². The molecule has 1 aromatic heterocycles. The summed E-state index contributed by atoms with van der Waals surface area (Å²) in [6, 6.07) is 10.3. The van der Waals surface area contributed by atoms with Crippen LogP contribution in [0.2, 0.25) is 0 Å². The number of amides is 2. The second kappa shape index (κ2) is 12.9. The van der Waals surface area contributed by atoms with Gasteiger partial charge in [0.05, 0.1) is 18.9 Å². The van der Waals surface area contributed by atoms with Crippen LogP contribution in [0.1, 0.15) is 16.1 Å². The molecule has 2 fully saturated rings. The van der Waals surface area contributed by atoms with Crippen LogP contribution in [0.15, 0.2) is 48.7 Å². The van der Waals surface area contributed by atoms with E-state index in [-0.39, 0.29) is 5.78 Å². The maximum absolute atomic E-state index is 12.6. The van der Waals surface area contributed by atoms with Crippen LogP contribution in [0.5, 0.6) is 0 Å². The second-order valence-electron chi connectivity index (χ2n) is 8.61. The Bertz CT molecular complexity index is 1080. The number of carbonyl (C=O) groups is 3. The first kappa shape index (κ1) is 25.5. The summed E-state index contributed by atoms with van der Waals surface area (Å²) in [7, 11) is 0. The predicted molar refractivity (Wildman–Crippen MR) is 138 cm³/mol. The highest BCUT2D eigenvalue weighted by atomic mass is 16.5. The number of nitrogens with zero attached hydrogens (tertiary/aromatic N) is 3. The number of ketones is 1. The SMILES string of the molecule is O=C(NCCN1CCNCC1)C(=O)Nc1ccc(C(=O)C=Cc2cc(N3CCOCC3)ccn2)cc1. The number of nitrogens with one attached hydrogen (secondary N) is 3. The van der Waals surface area contributed by atoms with Crippen molar-refractivity contribution < 1.29 is 19.1 Å². The number of hydrogen-bond donors (Lipinski definition) is 3. The van der Waals surface area contributed by atoms with E-state index in [1.807, 2.05) is 12.1 Å². The van der Waals surface area contributed by atoms with Crippen molar-refractivity contribution in [2.45, 2.75) is 0 Å². The standard InChI is InChI=1S/C26H32N6O4/c33-24(6-5-22-19-23(7-8-28-22)32-15-17-36-18-16-32)20-1-3-21(4-2-20)30-26(35)25(34)29-11-14-31-12-9-27-10-13-31/h1-8,19,27H,9-18H2,(H,29,34)(H,30,35). The highest BCUT2D eigenvalue weighted by Gasteiger charge is 2.15. The van der Waals surface area contributed by atoms with E-state index >= 15 is 0 Å². The molecule has 2 saturated heterocycles. The molecule has 2 aliphatic rings. The van der Waals surface area contributed by atoms with Gasteiger partial charge >= 0.3 is 11.8 Å². The molecule has 10 heteroatoms. The quantitative estimate of drug-likeness (QED) is 0.281. The Morgan fingerprint density at radius 3 is 2.50 bits per heavy atom. The minimum absolute atomic E-state index is 0.183. The summed E-state index contributed by atoms with van der Waals surface area (Å²) in [5.41, 5.74) is 2.65. The molecule has 0 radical (unpaired) electrons. The smallest absolute Gasteiger partial charge is 0.313 e. The van der Waals surface area contributed by atoms with E-state index in [0.717, 1.165) is 45.0 Å². The molecular weight excluding hydrogens is 460 g/mol. The van der Waals surface area contributed by atoms with E-state index in [0.29, 0.717) is 43.2 Å². The summed E-state index contributed by atoms with van der Waals surface area (Å²) in [6.07, 6.45) is 4.89. The van der Waals surface area contributed by atoms with Crippen molar-refractivity contribution in [3.8, 4) is 0 Å². The summed E-state index contributed by atoms with van der Waals surface area (Å²) >= 11 is 0. The number of anilines is 2. The monoisotopic (exact) mass is 492 g/mol. The van der Waals surface area contributed by atoms with Crippen molar-refractivity contribution in [2.75, 3.05) is 75.8 Å². The van der Waals surface area contributed by atoms with Crippen LogP contribution in [0.4, 0.5) is 11.4 Å². The molecule has 0 aliphatic carbocycles. The topological polar surface area (TPSA) is 116 Å². The molecule has 0 spiro atoms. The summed E-state index contributed by atoms with van der Waals surface area (Å²) in [4.78, 5) is 45.6. The van der Waals surface area contributed by atoms with Crippen LogP contribution in [0.3, 0.4) is 0 Å². The van der Waals surface area contributed by atoms with Gasteiger partial charge in [-0.2, -0.15) is 0 Å². The molecule has 4 rings (SSSR count). The number of allylic oxidation sites excluding steroid dienone is 1. The van der Waals surface area contributed by atoms with Crippen LogP contribution in [-0.2, 0) is 14.3 Å². The Labute approximate surface area is 210 Å². The number of piperazine rings is 1. The van der Waals surface area contributed by atoms with Crippen molar-refractivity contribution in [1.82, 2.24) is 20.5 Å². The summed E-state index contributed by atoms with van der Waals surface area (Å²) in [6.45, 7) is 7.89. The zero-order chi connectivity index (χ0) is 25.2. The third-order valence-corrected chi connectivity index (χ3v) is 6.10. The highest BCUT2D eigenvalue weighted by molar-refractivity contribution is 6.39. The van der Waals surface area contributed by atoms with Crippen LogP contribution >= 0.6 is 0 Å². The largest absolute Gasteiger partial charge is 0.378 e. The number of benzene rings is 1. The van der Waals surface area contributed by atoms with Crippen molar-refractivity contribution in [1.29, 1.82) is 0 Å². The van der Waals surface area contributed by atoms with E-state index in [1.165, 1.54) is 6.08 Å². The first-order valence-electron chi connectivity index (χ1n) is 12.2. The third-order valence-electron chi connectivity index (χ3n) is 6.10. The van der Waals surface area contributed by atoms with Gasteiger partial charge in [-0.05, 0) is 48.6 Å². The highest BCUT2D eigenvalue weighted by Crippen LogP contribution is 2.17. The number of hydrogen-bond acceptors (Lipinski definition) is 8. The summed E-state index contributed by atoms with van der Waals surface area (Å²) < 4.78 is 5.39. The molecular formula is C26H32N6O4. The van der Waals surface area contributed by atoms with Crippen LogP contribution < -0.4 is 20.9 Å². The van der Waals surface area contributed by atoms with Gasteiger partial charge < -0.3 is 25.6 Å². The fourth-order valence-electron chi connectivity index (χ4n) is 4.05. The number of aromatic nitrogens is 1. The molecule has 2 aliphatic heterocycles. The average molecular weight is 493 g/mol. The van der Waals surface area contributed by atoms with Gasteiger partial charge in [-0.15, -0.1) is 0 Å². The zero-order valence-electron chi connectivity index (χ0n) is 20.2. The van der Waals surface area contributed by atoms with Gasteiger partial charge in [-0.3, -0.25) is 24.3 Å². The van der Waals surface area contributed by atoms with Gasteiger partial charge in [0, 0.05) is 75.5 Å². The van der Waals surface area contributed by atoms with Crippen LogP contribution in [0, 0.1) is 0 Å². The van der Waals surface area contributed by atoms with Gasteiger partial charge in [0.2, 0.25) is 0 Å². The molecule has 0 atom stereocenters. The zero-order valence-corrected chi connectivity index (χ0v) is 20.2. The molecule has 0 bridgehead atoms. The molecule has 0 saturated carbocycles. The lowest BCUT2D eigenvalue weighted by molar-refractivity contribution is -0.136. The fraction of sp³-hybridized carbons (Fsp3) is 0.385. The van der Waals surface area contributed by atoms with Crippen molar-refractivity contribution in [2.24, 2.45) is 0 Å². The Balaban J connectivity index is 1.25. The Kier molecular flexibility index (Phi) is 9.15. The average Bonchev–Trinajstić information content (AvgIpc) is 2.93. The number of morpholine rings is 1. The van der Waals surface area contributed by atoms with Gasteiger partial charge in [0.1, 0.15) is 0 Å². The fourth-order valence-corrected chi connectivity index (χ4v) is 4.05. The lowest BCUT2D eigenvalue weighted by atomic mass is 10.1. The molecule has 2 amide bonds. The van der Waals surface area contributed by atoms with Gasteiger partial charge in [-0.1, -0.05) is 0 Å². The normalized spacial score (nSPS) is 16.6. The maximum Gasteiger partial charge on any atom is 0.313 e. The minimum atomic E-state index is -0.736. The molecule has 3 heterocycles. The maximum atomic E-state index is 12.6. The van der Waals surface area contributed by atoms with Crippen molar-refractivity contribution in [3.05, 3.63) is 59.9 Å². The van der Waals surface area contributed by atoms with E-state index < -0.39 is 11.8 Å². The van der Waals surface area contributed by atoms with Crippen LogP contribution in [-0.4, -0.2) is 93.1 Å². The number of ether oxygens (including phenoxy) is 1. The molecule has 36 heavy (non-hydrogen) atoms. The number of rotatable bonds is 8. The Morgan fingerprint density at radius 1 is 1.00 bits per heavy atom. The molecule has 3 N–H and O–H groups in total. The molecule has 10 nitrogen and oxygen atoms in total. The van der Waals surface area contributed by atoms with E-state index in [9.17, 15) is 14.4 Å². The lowest BCUT2D eigenvalue weighted by Crippen LogP contribution is -2.47. The third kappa shape index (κ3) is 7.45. The van der Waals surface area contributed by atoms with E-state index in [4.69, 9.17) is 4.74 Å². The van der Waals surface area contributed by atoms with Gasteiger partial charge in [0.25, 0.3) is 0 Å². The van der Waals surface area contributed by atoms with Gasteiger partial charge in [-0.25, -0.2) is 0 Å². The van der Waals surface area contributed by atoms with Gasteiger partial charge in [0.15, 0.2) is 5.78 Å². The molecule has 190 valence electrons. The first-order valence-corrected chi connectivity index (χ1v) is 12.2. The minimum Gasteiger partial charge on any atom is -0.378 e. The number of carbonyl (C=O) groups excluding carboxylic acids is 3. The Hall–Kier alpha value is -3.60. The lowest BCUT2D eigenvalue weighted by Gasteiger charge is -2.28. The van der Waals surface area contributed by atoms with E-state index in [2.05, 4.69) is 30.7 Å². The molecule has 1 aromatic carbocycles. The van der Waals surface area contributed by atoms with Crippen molar-refractivity contribution in [3.63, 3.8) is 0 Å². The summed E-state index contributed by atoms with van der Waals surface area (Å²) in [5, 5.41) is 8.48. The summed E-state index contributed by atoms with van der Waals surface area (Å²) in [5.74, 6) is -1.60. The first-order chi connectivity index (χ1) is 17.6. The van der Waals surface area contributed by atoms with E-state index in [1.54, 1.807) is 36.5 Å². The second-order valence-corrected chi connectivity index (χ2v) is 8.61. The van der Waals surface area contributed by atoms with Crippen LogP contribution in [0.25, 0.3) is 6.08 Å². The molecule has 0 unspecified atom stereocenters.